The molecule has 104 valence electrons. The van der Waals surface area contributed by atoms with Crippen molar-refractivity contribution in [1.29, 1.82) is 0 Å². The molecule has 0 aliphatic carbocycles. The molecule has 0 fully saturated rings. The number of hydrogen-bond donors (Lipinski definition) is 0. The van der Waals surface area contributed by atoms with Gasteiger partial charge in [0.25, 0.3) is 0 Å². The fourth-order valence-electron chi connectivity index (χ4n) is 1.99. The van der Waals surface area contributed by atoms with E-state index in [4.69, 9.17) is 4.74 Å². The van der Waals surface area contributed by atoms with Crippen LogP contribution in [0.25, 0.3) is 0 Å². The van der Waals surface area contributed by atoms with E-state index in [1.165, 1.54) is 18.9 Å². The van der Waals surface area contributed by atoms with E-state index in [1.54, 1.807) is 0 Å². The summed E-state index contributed by atoms with van der Waals surface area (Å²) in [7, 11) is 0. The SMILES string of the molecule is C=CCC[C@@H](CC[C@@H](C)CCOC(C)=O)C(=C)C. The number of allylic oxidation sites excluding steroid dienone is 2. The Morgan fingerprint density at radius 1 is 1.22 bits per heavy atom. The van der Waals surface area contributed by atoms with Gasteiger partial charge in [-0.25, -0.2) is 0 Å². The van der Waals surface area contributed by atoms with E-state index < -0.39 is 0 Å². The van der Waals surface area contributed by atoms with Gasteiger partial charge in [0.05, 0.1) is 6.61 Å². The molecule has 0 heterocycles. The van der Waals surface area contributed by atoms with E-state index in [0.29, 0.717) is 18.4 Å². The van der Waals surface area contributed by atoms with Crippen LogP contribution >= 0.6 is 0 Å². The molecular weight excluding hydrogens is 224 g/mol. The van der Waals surface area contributed by atoms with Crippen molar-refractivity contribution in [3.63, 3.8) is 0 Å². The van der Waals surface area contributed by atoms with Crippen LogP contribution in [0.15, 0.2) is 24.8 Å². The molecular formula is C16H28O2. The summed E-state index contributed by atoms with van der Waals surface area (Å²) in [5.41, 5.74) is 1.27. The first-order chi connectivity index (χ1) is 8.47. The molecule has 2 nitrogen and oxygen atoms in total. The first-order valence-electron chi connectivity index (χ1n) is 6.87. The summed E-state index contributed by atoms with van der Waals surface area (Å²) >= 11 is 0. The largest absolute Gasteiger partial charge is 0.466 e. The van der Waals surface area contributed by atoms with Gasteiger partial charge in [-0.15, -0.1) is 6.58 Å². The van der Waals surface area contributed by atoms with Crippen molar-refractivity contribution in [2.75, 3.05) is 6.61 Å². The summed E-state index contributed by atoms with van der Waals surface area (Å²) in [5.74, 6) is 1.00. The minimum atomic E-state index is -0.187. The third kappa shape index (κ3) is 9.03. The Labute approximate surface area is 112 Å². The summed E-state index contributed by atoms with van der Waals surface area (Å²) in [6.07, 6.45) is 7.46. The zero-order valence-electron chi connectivity index (χ0n) is 12.2. The van der Waals surface area contributed by atoms with Gasteiger partial charge >= 0.3 is 5.97 Å². The molecule has 0 aromatic carbocycles. The van der Waals surface area contributed by atoms with Crippen LogP contribution < -0.4 is 0 Å². The summed E-state index contributed by atoms with van der Waals surface area (Å²) in [6, 6.07) is 0. The van der Waals surface area contributed by atoms with Crippen LogP contribution in [0.2, 0.25) is 0 Å². The van der Waals surface area contributed by atoms with E-state index in [1.807, 2.05) is 6.08 Å². The zero-order chi connectivity index (χ0) is 14.0. The minimum absolute atomic E-state index is 0.187. The number of hydrogen-bond acceptors (Lipinski definition) is 2. The summed E-state index contributed by atoms with van der Waals surface area (Å²) < 4.78 is 4.96. The predicted molar refractivity (Wildman–Crippen MR) is 77.4 cm³/mol. The normalized spacial score (nSPS) is 13.7. The molecule has 0 amide bonds. The Morgan fingerprint density at radius 2 is 1.89 bits per heavy atom. The van der Waals surface area contributed by atoms with Crippen LogP contribution in [-0.2, 0) is 9.53 Å². The van der Waals surface area contributed by atoms with Gasteiger partial charge in [-0.2, -0.15) is 0 Å². The lowest BCUT2D eigenvalue weighted by atomic mass is 9.88. The highest BCUT2D eigenvalue weighted by molar-refractivity contribution is 5.65. The molecule has 0 aliphatic rings. The molecule has 2 atom stereocenters. The van der Waals surface area contributed by atoms with Crippen molar-refractivity contribution < 1.29 is 9.53 Å². The monoisotopic (exact) mass is 252 g/mol. The average molecular weight is 252 g/mol. The van der Waals surface area contributed by atoms with E-state index in [-0.39, 0.29) is 5.97 Å². The zero-order valence-corrected chi connectivity index (χ0v) is 12.2. The molecule has 0 spiro atoms. The average Bonchev–Trinajstić information content (AvgIpc) is 2.28. The molecule has 18 heavy (non-hydrogen) atoms. The van der Waals surface area contributed by atoms with Gasteiger partial charge < -0.3 is 4.74 Å². The summed E-state index contributed by atoms with van der Waals surface area (Å²) in [5, 5.41) is 0. The number of esters is 1. The second-order valence-electron chi connectivity index (χ2n) is 5.22. The van der Waals surface area contributed by atoms with Crippen LogP contribution in [-0.4, -0.2) is 12.6 Å². The Morgan fingerprint density at radius 3 is 2.39 bits per heavy atom. The molecule has 0 saturated carbocycles. The lowest BCUT2D eigenvalue weighted by Crippen LogP contribution is -2.08. The maximum absolute atomic E-state index is 10.7. The second-order valence-corrected chi connectivity index (χ2v) is 5.22. The second kappa shape index (κ2) is 9.93. The van der Waals surface area contributed by atoms with Crippen molar-refractivity contribution in [3.8, 4) is 0 Å². The van der Waals surface area contributed by atoms with Gasteiger partial charge in [0.1, 0.15) is 0 Å². The lowest BCUT2D eigenvalue weighted by Gasteiger charge is -2.19. The quantitative estimate of drug-likeness (QED) is 0.422. The van der Waals surface area contributed by atoms with Gasteiger partial charge in [-0.05, 0) is 44.4 Å². The summed E-state index contributed by atoms with van der Waals surface area (Å²) in [4.78, 5) is 10.7. The topological polar surface area (TPSA) is 26.3 Å². The Balaban J connectivity index is 3.84. The molecule has 0 bridgehead atoms. The van der Waals surface area contributed by atoms with Crippen molar-refractivity contribution in [2.24, 2.45) is 11.8 Å². The maximum Gasteiger partial charge on any atom is 0.302 e. The van der Waals surface area contributed by atoms with E-state index >= 15 is 0 Å². The van der Waals surface area contributed by atoms with Crippen LogP contribution in [0.1, 0.15) is 52.9 Å². The highest BCUT2D eigenvalue weighted by atomic mass is 16.5. The maximum atomic E-state index is 10.7. The molecule has 2 heteroatoms. The van der Waals surface area contributed by atoms with Crippen molar-refractivity contribution in [2.45, 2.75) is 52.9 Å². The third-order valence-corrected chi connectivity index (χ3v) is 3.34. The standard InChI is InChI=1S/C16H28O2/c1-6-7-8-16(13(2)3)10-9-14(4)11-12-18-15(5)17/h6,14,16H,1-2,7-12H2,3-5H3/t14-,16+/m1/s1. The molecule has 0 unspecified atom stereocenters. The fraction of sp³-hybridized carbons (Fsp3) is 0.688. The van der Waals surface area contributed by atoms with Crippen LogP contribution in [0.4, 0.5) is 0 Å². The van der Waals surface area contributed by atoms with E-state index in [2.05, 4.69) is 27.0 Å². The highest BCUT2D eigenvalue weighted by Gasteiger charge is 2.11. The fourth-order valence-corrected chi connectivity index (χ4v) is 1.99. The molecule has 0 aliphatic heterocycles. The van der Waals surface area contributed by atoms with E-state index in [0.717, 1.165) is 25.7 Å². The van der Waals surface area contributed by atoms with E-state index in [9.17, 15) is 4.79 Å². The predicted octanol–water partition coefficient (Wildman–Crippen LogP) is 4.51. The van der Waals surface area contributed by atoms with Crippen molar-refractivity contribution in [1.82, 2.24) is 0 Å². The van der Waals surface area contributed by atoms with Crippen LogP contribution in [0.3, 0.4) is 0 Å². The molecule has 0 rings (SSSR count). The molecule has 0 N–H and O–H groups in total. The molecule has 0 radical (unpaired) electrons. The van der Waals surface area contributed by atoms with Crippen LogP contribution in [0, 0.1) is 11.8 Å². The Kier molecular flexibility index (Phi) is 9.35. The van der Waals surface area contributed by atoms with Crippen molar-refractivity contribution >= 4 is 5.97 Å². The molecule has 0 aromatic rings. The third-order valence-electron chi connectivity index (χ3n) is 3.34. The van der Waals surface area contributed by atoms with Gasteiger partial charge in [-0.3, -0.25) is 4.79 Å². The number of ether oxygens (including phenoxy) is 1. The first kappa shape index (κ1) is 16.9. The van der Waals surface area contributed by atoms with Gasteiger partial charge in [-0.1, -0.05) is 31.6 Å². The lowest BCUT2D eigenvalue weighted by molar-refractivity contribution is -0.141. The van der Waals surface area contributed by atoms with Crippen LogP contribution in [0.5, 0.6) is 0 Å². The minimum Gasteiger partial charge on any atom is -0.466 e. The smallest absolute Gasteiger partial charge is 0.302 e. The molecule has 0 saturated heterocycles. The molecule has 0 aromatic heterocycles. The number of carbonyl (C=O) groups is 1. The Bertz CT molecular complexity index is 268. The first-order valence-corrected chi connectivity index (χ1v) is 6.87. The highest BCUT2D eigenvalue weighted by Crippen LogP contribution is 2.24. The van der Waals surface area contributed by atoms with Gasteiger partial charge in [0.15, 0.2) is 0 Å². The number of rotatable bonds is 10. The van der Waals surface area contributed by atoms with Gasteiger partial charge in [0, 0.05) is 6.92 Å². The van der Waals surface area contributed by atoms with Gasteiger partial charge in [0.2, 0.25) is 0 Å². The summed E-state index contributed by atoms with van der Waals surface area (Å²) in [6.45, 7) is 14.2. The number of carbonyl (C=O) groups excluding carboxylic acids is 1. The van der Waals surface area contributed by atoms with Crippen molar-refractivity contribution in [3.05, 3.63) is 24.8 Å². The Hall–Kier alpha value is -1.05.